The van der Waals surface area contributed by atoms with Crippen LogP contribution in [0.4, 0.5) is 11.4 Å². The van der Waals surface area contributed by atoms with Crippen LogP contribution in [0, 0.1) is 10.1 Å². The molecule has 1 aliphatic rings. The Labute approximate surface area is 138 Å². The summed E-state index contributed by atoms with van der Waals surface area (Å²) in [6.07, 6.45) is -0.603. The second kappa shape index (κ2) is 6.29. The lowest BCUT2D eigenvalue weighted by Crippen LogP contribution is -2.59. The first-order chi connectivity index (χ1) is 11.6. The van der Waals surface area contributed by atoms with Crippen LogP contribution in [0.5, 0.6) is 5.75 Å². The molecule has 0 saturated carbocycles. The van der Waals surface area contributed by atoms with E-state index in [4.69, 9.17) is 9.47 Å². The molecule has 2 atom stereocenters. The Morgan fingerprint density at radius 3 is 2.17 bits per heavy atom. The van der Waals surface area contributed by atoms with Crippen LogP contribution in [-0.2, 0) is 9.53 Å². The Kier molecular flexibility index (Phi) is 4.18. The van der Waals surface area contributed by atoms with Gasteiger partial charge in [-0.25, -0.2) is 0 Å². The highest BCUT2D eigenvalue weighted by Crippen LogP contribution is 2.41. The quantitative estimate of drug-likeness (QED) is 0.479. The van der Waals surface area contributed by atoms with E-state index in [0.717, 1.165) is 11.3 Å². The van der Waals surface area contributed by atoms with Crippen molar-refractivity contribution in [2.75, 3.05) is 19.1 Å². The Morgan fingerprint density at radius 2 is 1.67 bits per heavy atom. The van der Waals surface area contributed by atoms with E-state index in [1.54, 1.807) is 48.4 Å². The number of carbonyl (C=O) groups is 1. The number of amides is 1. The number of nitrogens with zero attached hydrogens (tertiary/aromatic N) is 2. The molecule has 3 rings (SSSR count). The zero-order valence-electron chi connectivity index (χ0n) is 13.2. The number of carbonyl (C=O) groups excluding carboxylic acids is 1. The number of β-lactam (4-membered cyclic amide) rings is 1. The van der Waals surface area contributed by atoms with E-state index in [2.05, 4.69) is 0 Å². The minimum absolute atomic E-state index is 0.00867. The fraction of sp³-hybridized carbons (Fsp3) is 0.235. The number of benzene rings is 2. The molecule has 1 saturated heterocycles. The first kappa shape index (κ1) is 15.9. The maximum atomic E-state index is 12.4. The highest BCUT2D eigenvalue weighted by atomic mass is 16.6. The Morgan fingerprint density at radius 1 is 1.04 bits per heavy atom. The van der Waals surface area contributed by atoms with Gasteiger partial charge in [-0.3, -0.25) is 19.8 Å². The van der Waals surface area contributed by atoms with Crippen LogP contribution in [0.2, 0.25) is 0 Å². The third-order valence-electron chi connectivity index (χ3n) is 4.10. The molecular formula is C17H16N2O5. The summed E-state index contributed by atoms with van der Waals surface area (Å²) >= 11 is 0. The molecule has 1 aliphatic heterocycles. The van der Waals surface area contributed by atoms with Crippen molar-refractivity contribution in [3.63, 3.8) is 0 Å². The zero-order valence-corrected chi connectivity index (χ0v) is 13.2. The normalized spacial score (nSPS) is 19.8. The number of rotatable bonds is 5. The van der Waals surface area contributed by atoms with E-state index < -0.39 is 11.0 Å². The van der Waals surface area contributed by atoms with Crippen molar-refractivity contribution in [3.05, 3.63) is 64.2 Å². The summed E-state index contributed by atoms with van der Waals surface area (Å²) < 4.78 is 10.4. The molecular weight excluding hydrogens is 312 g/mol. The summed E-state index contributed by atoms with van der Waals surface area (Å²) in [4.78, 5) is 24.3. The van der Waals surface area contributed by atoms with Gasteiger partial charge in [0.05, 0.1) is 18.1 Å². The zero-order chi connectivity index (χ0) is 17.3. The van der Waals surface area contributed by atoms with E-state index in [9.17, 15) is 14.9 Å². The molecule has 0 bridgehead atoms. The third-order valence-corrected chi connectivity index (χ3v) is 4.10. The van der Waals surface area contributed by atoms with E-state index in [1.165, 1.54) is 19.2 Å². The van der Waals surface area contributed by atoms with Crippen LogP contribution < -0.4 is 9.64 Å². The smallest absolute Gasteiger partial charge is 0.269 e. The number of hydrogen-bond acceptors (Lipinski definition) is 5. The molecule has 0 aliphatic carbocycles. The average Bonchev–Trinajstić information content (AvgIpc) is 2.60. The van der Waals surface area contributed by atoms with E-state index >= 15 is 0 Å². The molecule has 2 aromatic rings. The Balaban J connectivity index is 1.92. The van der Waals surface area contributed by atoms with Crippen LogP contribution in [-0.4, -0.2) is 31.2 Å². The number of nitro benzene ring substituents is 1. The molecule has 24 heavy (non-hydrogen) atoms. The van der Waals surface area contributed by atoms with Gasteiger partial charge < -0.3 is 9.47 Å². The van der Waals surface area contributed by atoms with Crippen LogP contribution >= 0.6 is 0 Å². The van der Waals surface area contributed by atoms with Crippen molar-refractivity contribution in [1.29, 1.82) is 0 Å². The molecule has 7 nitrogen and oxygen atoms in total. The van der Waals surface area contributed by atoms with Crippen LogP contribution in [0.1, 0.15) is 11.6 Å². The van der Waals surface area contributed by atoms with Crippen molar-refractivity contribution in [1.82, 2.24) is 0 Å². The highest BCUT2D eigenvalue weighted by Gasteiger charge is 2.49. The fourth-order valence-corrected chi connectivity index (χ4v) is 2.84. The van der Waals surface area contributed by atoms with Crippen molar-refractivity contribution >= 4 is 17.3 Å². The number of ether oxygens (including phenoxy) is 2. The first-order valence-electron chi connectivity index (χ1n) is 7.31. The molecule has 0 N–H and O–H groups in total. The summed E-state index contributed by atoms with van der Waals surface area (Å²) in [5, 5.41) is 10.8. The van der Waals surface area contributed by atoms with Crippen LogP contribution in [0.25, 0.3) is 0 Å². The molecule has 1 amide bonds. The van der Waals surface area contributed by atoms with Crippen LogP contribution in [0.15, 0.2) is 48.5 Å². The topological polar surface area (TPSA) is 81.9 Å². The van der Waals surface area contributed by atoms with Crippen molar-refractivity contribution in [3.8, 4) is 5.75 Å². The molecule has 1 heterocycles. The molecule has 124 valence electrons. The summed E-state index contributed by atoms with van der Waals surface area (Å²) in [7, 11) is 3.05. The van der Waals surface area contributed by atoms with Gasteiger partial charge in [-0.15, -0.1) is 0 Å². The second-order valence-electron chi connectivity index (χ2n) is 5.36. The largest absolute Gasteiger partial charge is 0.497 e. The minimum atomic E-state index is -0.603. The SMILES string of the molecule is COc1ccc(N2C(=O)[C@@H](OC)[C@H]2c2ccc([N+](=O)[O-])cc2)cc1. The summed E-state index contributed by atoms with van der Waals surface area (Å²) in [6, 6.07) is 13.0. The van der Waals surface area contributed by atoms with E-state index in [0.29, 0.717) is 5.75 Å². The lowest BCUT2D eigenvalue weighted by Gasteiger charge is -2.46. The summed E-state index contributed by atoms with van der Waals surface area (Å²) in [6.45, 7) is 0. The van der Waals surface area contributed by atoms with Gasteiger partial charge in [0.2, 0.25) is 0 Å². The molecule has 0 spiro atoms. The monoisotopic (exact) mass is 328 g/mol. The number of hydrogen-bond donors (Lipinski definition) is 0. The third kappa shape index (κ3) is 2.59. The molecule has 1 fully saturated rings. The highest BCUT2D eigenvalue weighted by molar-refractivity contribution is 6.05. The van der Waals surface area contributed by atoms with E-state index in [1.807, 2.05) is 0 Å². The van der Waals surface area contributed by atoms with Gasteiger partial charge in [-0.1, -0.05) is 12.1 Å². The van der Waals surface area contributed by atoms with Crippen LogP contribution in [0.3, 0.4) is 0 Å². The van der Waals surface area contributed by atoms with Gasteiger partial charge in [0.25, 0.3) is 11.6 Å². The van der Waals surface area contributed by atoms with Gasteiger partial charge in [0, 0.05) is 24.9 Å². The number of non-ortho nitro benzene ring substituents is 1. The lowest BCUT2D eigenvalue weighted by molar-refractivity contribution is -0.384. The van der Waals surface area contributed by atoms with Gasteiger partial charge in [-0.2, -0.15) is 0 Å². The molecule has 0 radical (unpaired) electrons. The number of nitro groups is 1. The predicted octanol–water partition coefficient (Wildman–Crippen LogP) is 2.71. The van der Waals surface area contributed by atoms with Gasteiger partial charge in [0.15, 0.2) is 6.10 Å². The first-order valence-corrected chi connectivity index (χ1v) is 7.31. The van der Waals surface area contributed by atoms with Crippen molar-refractivity contribution in [2.24, 2.45) is 0 Å². The van der Waals surface area contributed by atoms with Crippen molar-refractivity contribution < 1.29 is 19.2 Å². The van der Waals surface area contributed by atoms with Gasteiger partial charge in [0.1, 0.15) is 5.75 Å². The summed E-state index contributed by atoms with van der Waals surface area (Å²) in [5.41, 5.74) is 1.51. The predicted molar refractivity (Wildman–Crippen MR) is 87.1 cm³/mol. The number of methoxy groups -OCH3 is 2. The van der Waals surface area contributed by atoms with Gasteiger partial charge in [-0.05, 0) is 29.8 Å². The Bertz CT molecular complexity index is 758. The molecule has 0 unspecified atom stereocenters. The fourth-order valence-electron chi connectivity index (χ4n) is 2.84. The molecule has 2 aromatic carbocycles. The minimum Gasteiger partial charge on any atom is -0.497 e. The molecule has 7 heteroatoms. The standard InChI is InChI=1S/C17H16N2O5/c1-23-14-9-7-12(8-10-14)18-15(16(24-2)17(18)20)11-3-5-13(6-4-11)19(21)22/h3-10,15-16H,1-2H3/t15-,16+/m1/s1. The maximum Gasteiger partial charge on any atom is 0.269 e. The summed E-state index contributed by atoms with van der Waals surface area (Å²) in [5.74, 6) is 0.549. The maximum absolute atomic E-state index is 12.4. The Hall–Kier alpha value is -2.93. The number of anilines is 1. The second-order valence-corrected chi connectivity index (χ2v) is 5.36. The van der Waals surface area contributed by atoms with Gasteiger partial charge >= 0.3 is 0 Å². The van der Waals surface area contributed by atoms with E-state index in [-0.39, 0.29) is 17.6 Å². The average molecular weight is 328 g/mol. The molecule has 0 aromatic heterocycles. The lowest BCUT2D eigenvalue weighted by atomic mass is 9.89. The van der Waals surface area contributed by atoms with Crippen molar-refractivity contribution in [2.45, 2.75) is 12.1 Å².